The topological polar surface area (TPSA) is 50.5 Å². The van der Waals surface area contributed by atoms with Crippen LogP contribution in [0.5, 0.6) is 0 Å². The molecule has 4 nitrogen and oxygen atoms in total. The molecule has 0 aliphatic carbocycles. The van der Waals surface area contributed by atoms with Crippen molar-refractivity contribution in [3.8, 4) is 0 Å². The maximum absolute atomic E-state index is 13.3. The third kappa shape index (κ3) is 3.26. The zero-order chi connectivity index (χ0) is 19.0. The molecule has 2 unspecified atom stereocenters. The largest absolute Gasteiger partial charge is 0.464 e. The van der Waals surface area contributed by atoms with Crippen LogP contribution in [0.1, 0.15) is 23.5 Å². The van der Waals surface area contributed by atoms with Crippen LogP contribution in [0.4, 0.5) is 0 Å². The van der Waals surface area contributed by atoms with Crippen LogP contribution in [0.2, 0.25) is 0 Å². The number of carbonyl (C=O) groups excluding carboxylic acids is 2. The maximum atomic E-state index is 13.3. The van der Waals surface area contributed by atoms with E-state index in [9.17, 15) is 9.59 Å². The van der Waals surface area contributed by atoms with Crippen molar-refractivity contribution in [2.45, 2.75) is 12.2 Å². The first-order valence-corrected chi connectivity index (χ1v) is 10.2. The van der Waals surface area contributed by atoms with E-state index in [2.05, 4.69) is 0 Å². The van der Waals surface area contributed by atoms with Crippen molar-refractivity contribution in [3.63, 3.8) is 0 Å². The highest BCUT2D eigenvalue weighted by Gasteiger charge is 2.41. The Labute approximate surface area is 164 Å². The normalized spacial score (nSPS) is 20.0. The molecule has 6 heteroatoms. The van der Waals surface area contributed by atoms with Crippen molar-refractivity contribution in [3.05, 3.63) is 72.2 Å². The van der Waals surface area contributed by atoms with E-state index < -0.39 is 15.7 Å². The Kier molecular flexibility index (Phi) is 4.76. The first-order valence-electron chi connectivity index (χ1n) is 8.49. The third-order valence-corrected chi connectivity index (χ3v) is 7.31. The number of hydrogen-bond donors (Lipinski definition) is 0. The SMILES string of the molecule is CC(=O)CN1C(=O)C(c2cccc3ccccc23)S(=Cc2ccco2)C1=S. The van der Waals surface area contributed by atoms with Gasteiger partial charge in [-0.25, -0.2) is 0 Å². The molecular weight excluding hydrogens is 378 g/mol. The smallest absolute Gasteiger partial charge is 0.246 e. The summed E-state index contributed by atoms with van der Waals surface area (Å²) in [6.45, 7) is 1.48. The predicted molar refractivity (Wildman–Crippen MR) is 113 cm³/mol. The van der Waals surface area contributed by atoms with Crippen LogP contribution >= 0.6 is 22.7 Å². The van der Waals surface area contributed by atoms with Gasteiger partial charge in [0.2, 0.25) is 5.91 Å². The summed E-state index contributed by atoms with van der Waals surface area (Å²) in [4.78, 5) is 26.4. The third-order valence-electron chi connectivity index (χ3n) is 4.44. The minimum Gasteiger partial charge on any atom is -0.464 e. The number of hydrogen-bond acceptors (Lipinski definition) is 4. The lowest BCUT2D eigenvalue weighted by Crippen LogP contribution is -2.33. The molecule has 0 N–H and O–H groups in total. The molecule has 1 saturated heterocycles. The second-order valence-corrected chi connectivity index (χ2v) is 8.83. The summed E-state index contributed by atoms with van der Waals surface area (Å²) >= 11 is 5.62. The zero-order valence-corrected chi connectivity index (χ0v) is 16.3. The lowest BCUT2D eigenvalue weighted by molar-refractivity contribution is -0.129. The van der Waals surface area contributed by atoms with Crippen LogP contribution in [-0.4, -0.2) is 32.8 Å². The van der Waals surface area contributed by atoms with Crippen LogP contribution in [0.15, 0.2) is 65.3 Å². The van der Waals surface area contributed by atoms with Gasteiger partial charge >= 0.3 is 0 Å². The number of benzene rings is 2. The van der Waals surface area contributed by atoms with E-state index in [-0.39, 0.29) is 18.2 Å². The number of nitrogens with zero attached hydrogens (tertiary/aromatic N) is 1. The van der Waals surface area contributed by atoms with E-state index in [0.717, 1.165) is 16.3 Å². The van der Waals surface area contributed by atoms with Crippen molar-refractivity contribution in [1.29, 1.82) is 0 Å². The molecule has 2 heterocycles. The van der Waals surface area contributed by atoms with Gasteiger partial charge in [-0.1, -0.05) is 54.7 Å². The van der Waals surface area contributed by atoms with E-state index in [4.69, 9.17) is 16.6 Å². The van der Waals surface area contributed by atoms with E-state index in [1.165, 1.54) is 11.8 Å². The number of thiocarbonyl (C=S) groups is 1. The molecule has 0 radical (unpaired) electrons. The molecule has 0 spiro atoms. The first-order chi connectivity index (χ1) is 13.1. The van der Waals surface area contributed by atoms with E-state index in [1.54, 1.807) is 12.3 Å². The highest BCUT2D eigenvalue weighted by Crippen LogP contribution is 2.47. The van der Waals surface area contributed by atoms with Crippen LogP contribution < -0.4 is 0 Å². The van der Waals surface area contributed by atoms with Gasteiger partial charge in [0.1, 0.15) is 21.1 Å². The van der Waals surface area contributed by atoms with Gasteiger partial charge in [0.25, 0.3) is 0 Å². The Morgan fingerprint density at radius 3 is 2.70 bits per heavy atom. The molecule has 4 rings (SSSR count). The molecule has 0 bridgehead atoms. The molecule has 2 atom stereocenters. The molecule has 1 fully saturated rings. The number of amides is 1. The van der Waals surface area contributed by atoms with Crippen LogP contribution in [-0.2, 0) is 9.59 Å². The number of fused-ring (bicyclic) bond motifs is 1. The summed E-state index contributed by atoms with van der Waals surface area (Å²) in [7, 11) is -0.686. The summed E-state index contributed by atoms with van der Waals surface area (Å²) in [6.07, 6.45) is 1.59. The molecule has 1 aliphatic rings. The molecule has 0 saturated carbocycles. The average molecular weight is 396 g/mol. The lowest BCUT2D eigenvalue weighted by Gasteiger charge is -2.14. The Morgan fingerprint density at radius 2 is 1.96 bits per heavy atom. The molecule has 3 aromatic rings. The van der Waals surface area contributed by atoms with Crippen molar-refractivity contribution in [2.24, 2.45) is 0 Å². The van der Waals surface area contributed by atoms with Crippen LogP contribution in [0, 0.1) is 0 Å². The van der Waals surface area contributed by atoms with Gasteiger partial charge in [0.05, 0.1) is 12.8 Å². The van der Waals surface area contributed by atoms with Crippen molar-refractivity contribution in [1.82, 2.24) is 4.90 Å². The molecule has 27 heavy (non-hydrogen) atoms. The summed E-state index contributed by atoms with van der Waals surface area (Å²) in [5, 5.41) is 3.55. The fourth-order valence-electron chi connectivity index (χ4n) is 3.28. The van der Waals surface area contributed by atoms with E-state index >= 15 is 0 Å². The minimum atomic E-state index is -0.686. The molecule has 2 aromatic carbocycles. The van der Waals surface area contributed by atoms with Gasteiger partial charge in [-0.2, -0.15) is 0 Å². The second kappa shape index (κ2) is 7.21. The van der Waals surface area contributed by atoms with Crippen molar-refractivity contribution >= 4 is 54.9 Å². The molecule has 136 valence electrons. The highest BCUT2D eigenvalue weighted by molar-refractivity contribution is 8.35. The van der Waals surface area contributed by atoms with Gasteiger partial charge in [-0.15, -0.1) is 10.5 Å². The van der Waals surface area contributed by atoms with Gasteiger partial charge < -0.3 is 4.42 Å². The van der Waals surface area contributed by atoms with Gasteiger partial charge in [-0.3, -0.25) is 14.5 Å². The standard InChI is InChI=1S/C21H17NO3S2/c1-14(23)12-22-20(24)19(27(21(22)26)13-16-8-5-11-25-16)18-10-4-7-15-6-2-3-9-17(15)18/h2-11,13,19H,12H2,1H3. The zero-order valence-electron chi connectivity index (χ0n) is 14.6. The summed E-state index contributed by atoms with van der Waals surface area (Å²) < 4.78 is 5.95. The molecular formula is C21H17NO3S2. The number of furan rings is 1. The number of Topliss-reactive ketones (excluding diaryl/α,β-unsaturated/α-hetero) is 1. The quantitative estimate of drug-likeness (QED) is 0.618. The Bertz CT molecular complexity index is 1080. The Hall–Kier alpha value is -2.57. The average Bonchev–Trinajstić information content (AvgIpc) is 3.24. The number of ketones is 1. The monoisotopic (exact) mass is 395 g/mol. The summed E-state index contributed by atoms with van der Waals surface area (Å²) in [5.41, 5.74) is 0.928. The van der Waals surface area contributed by atoms with Crippen LogP contribution in [0.25, 0.3) is 10.8 Å². The van der Waals surface area contributed by atoms with E-state index in [1.807, 2.05) is 53.9 Å². The number of carbonyl (C=O) groups is 2. The van der Waals surface area contributed by atoms with Crippen molar-refractivity contribution < 1.29 is 14.0 Å². The van der Waals surface area contributed by atoms with Gasteiger partial charge in [0, 0.05) is 5.37 Å². The lowest BCUT2D eigenvalue weighted by atomic mass is 10.0. The fraction of sp³-hybridized carbons (Fsp3) is 0.143. The maximum Gasteiger partial charge on any atom is 0.246 e. The summed E-state index contributed by atoms with van der Waals surface area (Å²) in [6, 6.07) is 17.6. The molecule has 1 amide bonds. The van der Waals surface area contributed by atoms with Gasteiger partial charge in [-0.05, 0) is 35.4 Å². The molecule has 1 aliphatic heterocycles. The highest BCUT2D eigenvalue weighted by atomic mass is 32.2. The fourth-order valence-corrected chi connectivity index (χ4v) is 5.93. The second-order valence-electron chi connectivity index (χ2n) is 6.35. The van der Waals surface area contributed by atoms with E-state index in [0.29, 0.717) is 10.1 Å². The predicted octanol–water partition coefficient (Wildman–Crippen LogP) is 4.31. The van der Waals surface area contributed by atoms with Gasteiger partial charge in [0.15, 0.2) is 0 Å². The minimum absolute atomic E-state index is 0.00836. The number of rotatable bonds is 4. The Balaban J connectivity index is 1.90. The molecule has 1 aromatic heterocycles. The van der Waals surface area contributed by atoms with Crippen molar-refractivity contribution in [2.75, 3.05) is 6.54 Å². The Morgan fingerprint density at radius 1 is 1.19 bits per heavy atom. The summed E-state index contributed by atoms with van der Waals surface area (Å²) in [5.74, 6) is 0.451. The first kappa shape index (κ1) is 17.8. The van der Waals surface area contributed by atoms with Crippen LogP contribution in [0.3, 0.4) is 0 Å².